The van der Waals surface area contributed by atoms with Crippen molar-refractivity contribution >= 4 is 15.7 Å². The lowest BCUT2D eigenvalue weighted by molar-refractivity contribution is 0.180. The van der Waals surface area contributed by atoms with Crippen molar-refractivity contribution in [2.45, 2.75) is 11.8 Å². The van der Waals surface area contributed by atoms with E-state index in [1.165, 1.54) is 19.2 Å². The molecule has 0 saturated heterocycles. The molecule has 0 heterocycles. The fraction of sp³-hybridized carbons (Fsp3) is 0.455. The second kappa shape index (κ2) is 6.12. The van der Waals surface area contributed by atoms with Crippen molar-refractivity contribution in [2.24, 2.45) is 0 Å². The zero-order valence-corrected chi connectivity index (χ0v) is 11.2. The van der Waals surface area contributed by atoms with Gasteiger partial charge in [-0.25, -0.2) is 12.8 Å². The highest BCUT2D eigenvalue weighted by Crippen LogP contribution is 2.25. The summed E-state index contributed by atoms with van der Waals surface area (Å²) in [4.78, 5) is -0.469. The molecule has 18 heavy (non-hydrogen) atoms. The first-order valence-electron chi connectivity index (χ1n) is 5.48. The van der Waals surface area contributed by atoms with Gasteiger partial charge in [-0.15, -0.1) is 0 Å². The fourth-order valence-corrected chi connectivity index (χ4v) is 3.16. The average Bonchev–Trinajstić information content (AvgIpc) is 2.29. The van der Waals surface area contributed by atoms with Gasteiger partial charge in [0, 0.05) is 20.2 Å². The number of benzene rings is 1. The minimum Gasteiger partial charge on any atom is -0.398 e. The number of halogens is 1. The fourth-order valence-electron chi connectivity index (χ4n) is 1.57. The molecule has 0 amide bonds. The summed E-state index contributed by atoms with van der Waals surface area (Å²) in [5, 5.41) is 0. The number of methoxy groups -OCH3 is 1. The van der Waals surface area contributed by atoms with Crippen molar-refractivity contribution in [2.75, 3.05) is 32.5 Å². The Balaban J connectivity index is 3.19. The predicted molar refractivity (Wildman–Crippen MR) is 67.1 cm³/mol. The molecule has 1 aromatic carbocycles. The molecule has 0 fully saturated rings. The molecule has 5 nitrogen and oxygen atoms in total. The molecular formula is C11H17FN2O3S. The van der Waals surface area contributed by atoms with Crippen LogP contribution in [0.3, 0.4) is 0 Å². The van der Waals surface area contributed by atoms with E-state index in [0.29, 0.717) is 0 Å². The van der Waals surface area contributed by atoms with Crippen molar-refractivity contribution in [3.8, 4) is 0 Å². The van der Waals surface area contributed by atoms with Crippen LogP contribution in [0.5, 0.6) is 0 Å². The van der Waals surface area contributed by atoms with Crippen LogP contribution in [-0.2, 0) is 14.8 Å². The summed E-state index contributed by atoms with van der Waals surface area (Å²) in [5.74, 6) is -0.842. The summed E-state index contributed by atoms with van der Waals surface area (Å²) >= 11 is 0. The molecule has 0 atom stereocenters. The Labute approximate surface area is 106 Å². The van der Waals surface area contributed by atoms with Crippen LogP contribution in [-0.4, -0.2) is 39.5 Å². The monoisotopic (exact) mass is 276 g/mol. The quantitative estimate of drug-likeness (QED) is 0.789. The summed E-state index contributed by atoms with van der Waals surface area (Å²) < 4.78 is 44.1. The van der Waals surface area contributed by atoms with Gasteiger partial charge >= 0.3 is 0 Å². The Morgan fingerprint density at radius 3 is 2.61 bits per heavy atom. The van der Waals surface area contributed by atoms with Gasteiger partial charge < -0.3 is 10.5 Å². The third kappa shape index (κ3) is 2.98. The van der Waals surface area contributed by atoms with E-state index >= 15 is 0 Å². The molecule has 7 heteroatoms. The van der Waals surface area contributed by atoms with Crippen LogP contribution in [0.4, 0.5) is 10.1 Å². The lowest BCUT2D eigenvalue weighted by atomic mass is 10.3. The first-order valence-corrected chi connectivity index (χ1v) is 6.92. The van der Waals surface area contributed by atoms with Crippen LogP contribution in [0.2, 0.25) is 0 Å². The minimum atomic E-state index is -3.93. The Morgan fingerprint density at radius 1 is 1.44 bits per heavy atom. The number of likely N-dealkylation sites (N-methyl/N-ethyl adjacent to an activating group) is 1. The number of ether oxygens (including phenoxy) is 1. The molecule has 1 rings (SSSR count). The molecule has 0 aromatic heterocycles. The first-order chi connectivity index (χ1) is 8.45. The third-order valence-corrected chi connectivity index (χ3v) is 4.56. The van der Waals surface area contributed by atoms with Crippen LogP contribution in [0.25, 0.3) is 0 Å². The highest BCUT2D eigenvalue weighted by Gasteiger charge is 2.28. The van der Waals surface area contributed by atoms with E-state index in [1.807, 2.05) is 0 Å². The van der Waals surface area contributed by atoms with Crippen LogP contribution < -0.4 is 5.73 Å². The van der Waals surface area contributed by atoms with Crippen LogP contribution in [0.1, 0.15) is 6.92 Å². The molecule has 0 bridgehead atoms. The minimum absolute atomic E-state index is 0.0918. The Kier molecular flexibility index (Phi) is 5.06. The van der Waals surface area contributed by atoms with Gasteiger partial charge in [-0.2, -0.15) is 4.31 Å². The Morgan fingerprint density at radius 2 is 2.11 bits per heavy atom. The van der Waals surface area contributed by atoms with Gasteiger partial charge in [-0.1, -0.05) is 13.0 Å². The van der Waals surface area contributed by atoms with Crippen molar-refractivity contribution < 1.29 is 17.5 Å². The van der Waals surface area contributed by atoms with Gasteiger partial charge in [-0.3, -0.25) is 0 Å². The summed E-state index contributed by atoms with van der Waals surface area (Å²) in [6, 6.07) is 3.81. The van der Waals surface area contributed by atoms with Crippen LogP contribution in [0.15, 0.2) is 23.1 Å². The molecule has 102 valence electrons. The number of hydrogen-bond donors (Lipinski definition) is 1. The van der Waals surface area contributed by atoms with E-state index in [2.05, 4.69) is 0 Å². The molecule has 2 N–H and O–H groups in total. The normalized spacial score (nSPS) is 12.0. The maximum Gasteiger partial charge on any atom is 0.248 e. The Bertz CT molecular complexity index is 485. The van der Waals surface area contributed by atoms with Gasteiger partial charge in [0.1, 0.15) is 10.7 Å². The van der Waals surface area contributed by atoms with E-state index < -0.39 is 20.7 Å². The van der Waals surface area contributed by atoms with Crippen molar-refractivity contribution in [1.29, 1.82) is 0 Å². The smallest absolute Gasteiger partial charge is 0.248 e. The van der Waals surface area contributed by atoms with Gasteiger partial charge in [-0.05, 0) is 12.1 Å². The number of nitrogens with zero attached hydrogens (tertiary/aromatic N) is 1. The van der Waals surface area contributed by atoms with E-state index in [4.69, 9.17) is 10.5 Å². The van der Waals surface area contributed by atoms with Gasteiger partial charge in [0.25, 0.3) is 0 Å². The molecule has 0 radical (unpaired) electrons. The lowest BCUT2D eigenvalue weighted by Crippen LogP contribution is -2.34. The summed E-state index contributed by atoms with van der Waals surface area (Å²) in [6.45, 7) is 2.29. The zero-order chi connectivity index (χ0) is 13.8. The largest absolute Gasteiger partial charge is 0.398 e. The molecule has 0 aliphatic rings. The Hall–Kier alpha value is -1.18. The van der Waals surface area contributed by atoms with E-state index in [-0.39, 0.29) is 25.4 Å². The highest BCUT2D eigenvalue weighted by atomic mass is 32.2. The van der Waals surface area contributed by atoms with Crippen LogP contribution >= 0.6 is 0 Å². The molecule has 0 unspecified atom stereocenters. The predicted octanol–water partition coefficient (Wildman–Crippen LogP) is 1.06. The van der Waals surface area contributed by atoms with Crippen molar-refractivity contribution in [1.82, 2.24) is 4.31 Å². The maximum atomic E-state index is 13.6. The standard InChI is InChI=1S/C11H17FN2O3S/c1-3-14(7-8-17-2)18(15,16)11-9(12)5-4-6-10(11)13/h4-6H,3,7-8,13H2,1-2H3. The number of hydrogen-bond acceptors (Lipinski definition) is 4. The van der Waals surface area contributed by atoms with Crippen molar-refractivity contribution in [3.05, 3.63) is 24.0 Å². The van der Waals surface area contributed by atoms with Gasteiger partial charge in [0.05, 0.1) is 12.3 Å². The number of nitrogens with two attached hydrogens (primary N) is 1. The zero-order valence-electron chi connectivity index (χ0n) is 10.4. The number of sulfonamides is 1. The molecular weight excluding hydrogens is 259 g/mol. The van der Waals surface area contributed by atoms with E-state index in [9.17, 15) is 12.8 Å². The molecule has 0 aliphatic heterocycles. The molecule has 0 aliphatic carbocycles. The van der Waals surface area contributed by atoms with Gasteiger partial charge in [0.15, 0.2) is 0 Å². The highest BCUT2D eigenvalue weighted by molar-refractivity contribution is 7.89. The van der Waals surface area contributed by atoms with Crippen LogP contribution in [0, 0.1) is 5.82 Å². The molecule has 1 aromatic rings. The number of rotatable bonds is 6. The van der Waals surface area contributed by atoms with Crippen molar-refractivity contribution in [3.63, 3.8) is 0 Å². The topological polar surface area (TPSA) is 72.6 Å². The summed E-state index contributed by atoms with van der Waals surface area (Å²) in [6.07, 6.45) is 0. The summed E-state index contributed by atoms with van der Waals surface area (Å²) in [7, 11) is -2.46. The summed E-state index contributed by atoms with van der Waals surface area (Å²) in [5.41, 5.74) is 5.46. The third-order valence-electron chi connectivity index (χ3n) is 2.49. The number of nitrogen functional groups attached to an aromatic ring is 1. The first kappa shape index (κ1) is 14.9. The average molecular weight is 276 g/mol. The second-order valence-corrected chi connectivity index (χ2v) is 5.52. The SMILES string of the molecule is CCN(CCOC)S(=O)(=O)c1c(N)cccc1F. The molecule has 0 spiro atoms. The molecule has 0 saturated carbocycles. The van der Waals surface area contributed by atoms with Gasteiger partial charge in [0.2, 0.25) is 10.0 Å². The lowest BCUT2D eigenvalue weighted by Gasteiger charge is -2.21. The van der Waals surface area contributed by atoms with E-state index in [1.54, 1.807) is 6.92 Å². The number of anilines is 1. The second-order valence-electron chi connectivity index (χ2n) is 3.65. The van der Waals surface area contributed by atoms with E-state index in [0.717, 1.165) is 10.4 Å². The maximum absolute atomic E-state index is 13.6.